The first-order valence-corrected chi connectivity index (χ1v) is 3.74. The summed E-state index contributed by atoms with van der Waals surface area (Å²) in [5.74, 6) is -0.461. The average molecular weight is 255 g/mol. The molecule has 1 nitrogen and oxygen atoms in total. The predicted octanol–water partition coefficient (Wildman–Crippen LogP) is 2.11. The van der Waals surface area contributed by atoms with Gasteiger partial charge in [-0.05, 0) is 34.7 Å². The van der Waals surface area contributed by atoms with Crippen molar-refractivity contribution in [2.45, 2.75) is 4.90 Å². The van der Waals surface area contributed by atoms with Gasteiger partial charge in [0.1, 0.15) is 3.70 Å². The zero-order valence-corrected chi connectivity index (χ0v) is 7.36. The van der Waals surface area contributed by atoms with Gasteiger partial charge in [0, 0.05) is 4.90 Å². The molecule has 0 N–H and O–H groups in total. The van der Waals surface area contributed by atoms with Crippen LogP contribution >= 0.6 is 35.2 Å². The van der Waals surface area contributed by atoms with Crippen LogP contribution in [0.5, 0.6) is 0 Å². The predicted molar refractivity (Wildman–Crippen MR) is 44.2 cm³/mol. The summed E-state index contributed by atoms with van der Waals surface area (Å²) in [7, 11) is 0. The van der Waals surface area contributed by atoms with Gasteiger partial charge in [0.2, 0.25) is 5.95 Å². The zero-order valence-electron chi connectivity index (χ0n) is 4.31. The summed E-state index contributed by atoms with van der Waals surface area (Å²) in [5.41, 5.74) is 0. The lowest BCUT2D eigenvalue weighted by Crippen LogP contribution is -1.85. The Balaban J connectivity index is 3.17. The number of nitrogens with zero attached hydrogens (tertiary/aromatic N) is 1. The van der Waals surface area contributed by atoms with Crippen molar-refractivity contribution in [1.29, 1.82) is 0 Å². The highest BCUT2D eigenvalue weighted by Gasteiger charge is 1.96. The van der Waals surface area contributed by atoms with Gasteiger partial charge in [-0.2, -0.15) is 4.39 Å². The fourth-order valence-corrected chi connectivity index (χ4v) is 0.940. The standard InChI is InChI=1S/C5H3FINS/c6-4-2-1-3(9)5(7)8-4/h1-2,9H. The summed E-state index contributed by atoms with van der Waals surface area (Å²) < 4.78 is 12.8. The van der Waals surface area contributed by atoms with Crippen molar-refractivity contribution in [1.82, 2.24) is 4.98 Å². The second-order valence-electron chi connectivity index (χ2n) is 1.44. The molecule has 1 aromatic heterocycles. The van der Waals surface area contributed by atoms with Crippen molar-refractivity contribution >= 4 is 35.2 Å². The summed E-state index contributed by atoms with van der Waals surface area (Å²) in [6.45, 7) is 0. The first-order valence-electron chi connectivity index (χ1n) is 2.21. The molecule has 0 aliphatic carbocycles. The summed E-state index contributed by atoms with van der Waals surface area (Å²) in [5, 5.41) is 0. The third kappa shape index (κ3) is 1.79. The van der Waals surface area contributed by atoms with E-state index in [4.69, 9.17) is 0 Å². The van der Waals surface area contributed by atoms with Crippen LogP contribution in [0.3, 0.4) is 0 Å². The van der Waals surface area contributed by atoms with Crippen LogP contribution < -0.4 is 0 Å². The Labute approximate surface area is 71.2 Å². The van der Waals surface area contributed by atoms with E-state index in [0.29, 0.717) is 8.60 Å². The van der Waals surface area contributed by atoms with E-state index in [9.17, 15) is 4.39 Å². The zero-order chi connectivity index (χ0) is 6.85. The maximum atomic E-state index is 12.2. The maximum Gasteiger partial charge on any atom is 0.213 e. The molecule has 0 amide bonds. The van der Waals surface area contributed by atoms with Gasteiger partial charge in [0.25, 0.3) is 0 Å². The van der Waals surface area contributed by atoms with E-state index in [-0.39, 0.29) is 0 Å². The SMILES string of the molecule is Fc1ccc(S)c(I)n1. The topological polar surface area (TPSA) is 12.9 Å². The van der Waals surface area contributed by atoms with Gasteiger partial charge in [-0.15, -0.1) is 12.6 Å². The molecule has 0 fully saturated rings. The Kier molecular flexibility index (Phi) is 2.29. The molecule has 1 rings (SSSR count). The van der Waals surface area contributed by atoms with E-state index in [1.807, 2.05) is 22.6 Å². The fraction of sp³-hybridized carbons (Fsp3) is 0. The lowest BCUT2D eigenvalue weighted by atomic mass is 10.5. The first-order chi connectivity index (χ1) is 4.20. The molecule has 0 bridgehead atoms. The van der Waals surface area contributed by atoms with Crippen molar-refractivity contribution in [3.05, 3.63) is 21.8 Å². The summed E-state index contributed by atoms with van der Waals surface area (Å²) >= 11 is 5.93. The van der Waals surface area contributed by atoms with Crippen LogP contribution in [0.25, 0.3) is 0 Å². The van der Waals surface area contributed by atoms with E-state index in [1.165, 1.54) is 6.07 Å². The molecule has 9 heavy (non-hydrogen) atoms. The monoisotopic (exact) mass is 255 g/mol. The van der Waals surface area contributed by atoms with Crippen LogP contribution in [0.15, 0.2) is 17.0 Å². The smallest absolute Gasteiger partial charge is 0.212 e. The van der Waals surface area contributed by atoms with E-state index in [2.05, 4.69) is 17.6 Å². The Bertz CT molecular complexity index is 228. The lowest BCUT2D eigenvalue weighted by Gasteiger charge is -1.92. The molecular formula is C5H3FINS. The molecule has 0 spiro atoms. The van der Waals surface area contributed by atoms with Crippen LogP contribution in [0.4, 0.5) is 4.39 Å². The first kappa shape index (κ1) is 7.27. The summed E-state index contributed by atoms with van der Waals surface area (Å²) in [4.78, 5) is 4.22. The molecule has 1 heterocycles. The molecular weight excluding hydrogens is 252 g/mol. The molecule has 0 saturated carbocycles. The molecule has 0 saturated heterocycles. The van der Waals surface area contributed by atoms with Crippen LogP contribution in [0.2, 0.25) is 0 Å². The molecule has 0 atom stereocenters. The molecule has 0 aliphatic rings. The van der Waals surface area contributed by atoms with E-state index < -0.39 is 5.95 Å². The number of rotatable bonds is 0. The minimum Gasteiger partial charge on any atom is -0.212 e. The van der Waals surface area contributed by atoms with Crippen molar-refractivity contribution in [3.63, 3.8) is 0 Å². The Morgan fingerprint density at radius 3 is 2.67 bits per heavy atom. The van der Waals surface area contributed by atoms with Gasteiger partial charge in [-0.3, -0.25) is 0 Å². The largest absolute Gasteiger partial charge is 0.213 e. The number of hydrogen-bond acceptors (Lipinski definition) is 2. The minimum absolute atomic E-state index is 0.461. The number of aromatic nitrogens is 1. The number of pyridine rings is 1. The van der Waals surface area contributed by atoms with Gasteiger partial charge in [-0.25, -0.2) is 4.98 Å². The van der Waals surface area contributed by atoms with Gasteiger partial charge < -0.3 is 0 Å². The number of thiol groups is 1. The molecule has 0 aromatic carbocycles. The Hall–Kier alpha value is 0.160. The highest BCUT2D eigenvalue weighted by Crippen LogP contribution is 2.12. The average Bonchev–Trinajstić information content (AvgIpc) is 1.80. The quantitative estimate of drug-likeness (QED) is 0.425. The Morgan fingerprint density at radius 2 is 2.22 bits per heavy atom. The van der Waals surface area contributed by atoms with Gasteiger partial charge in [0.15, 0.2) is 0 Å². The van der Waals surface area contributed by atoms with Gasteiger partial charge in [-0.1, -0.05) is 0 Å². The van der Waals surface area contributed by atoms with Crippen molar-refractivity contribution in [3.8, 4) is 0 Å². The number of halogens is 2. The molecule has 0 radical (unpaired) electrons. The molecule has 4 heteroatoms. The van der Waals surface area contributed by atoms with Crippen molar-refractivity contribution in [2.24, 2.45) is 0 Å². The summed E-state index contributed by atoms with van der Waals surface area (Å²) in [6.07, 6.45) is 0. The summed E-state index contributed by atoms with van der Waals surface area (Å²) in [6, 6.07) is 2.86. The highest BCUT2D eigenvalue weighted by molar-refractivity contribution is 14.1. The van der Waals surface area contributed by atoms with Crippen LogP contribution in [-0.4, -0.2) is 4.98 Å². The third-order valence-electron chi connectivity index (χ3n) is 0.795. The van der Waals surface area contributed by atoms with Gasteiger partial charge >= 0.3 is 0 Å². The fourth-order valence-electron chi connectivity index (χ4n) is 0.405. The molecule has 1 aromatic rings. The van der Waals surface area contributed by atoms with Crippen LogP contribution in [-0.2, 0) is 0 Å². The molecule has 48 valence electrons. The van der Waals surface area contributed by atoms with Crippen LogP contribution in [0.1, 0.15) is 0 Å². The van der Waals surface area contributed by atoms with Crippen molar-refractivity contribution in [2.75, 3.05) is 0 Å². The second-order valence-corrected chi connectivity index (χ2v) is 2.95. The molecule has 0 unspecified atom stereocenters. The normalized spacial score (nSPS) is 9.67. The Morgan fingerprint density at radius 1 is 1.56 bits per heavy atom. The maximum absolute atomic E-state index is 12.2. The molecule has 0 aliphatic heterocycles. The van der Waals surface area contributed by atoms with E-state index >= 15 is 0 Å². The van der Waals surface area contributed by atoms with Crippen molar-refractivity contribution < 1.29 is 4.39 Å². The van der Waals surface area contributed by atoms with Crippen LogP contribution in [0, 0.1) is 9.65 Å². The highest BCUT2D eigenvalue weighted by atomic mass is 127. The number of hydrogen-bond donors (Lipinski definition) is 1. The van der Waals surface area contributed by atoms with E-state index in [0.717, 1.165) is 0 Å². The lowest BCUT2D eigenvalue weighted by molar-refractivity contribution is 0.577. The third-order valence-corrected chi connectivity index (χ3v) is 2.40. The van der Waals surface area contributed by atoms with E-state index in [1.54, 1.807) is 6.07 Å². The minimum atomic E-state index is -0.461. The second kappa shape index (κ2) is 2.83. The van der Waals surface area contributed by atoms with Gasteiger partial charge in [0.05, 0.1) is 0 Å².